The summed E-state index contributed by atoms with van der Waals surface area (Å²) in [5.74, 6) is 0.523. The highest BCUT2D eigenvalue weighted by molar-refractivity contribution is 8.00. The third-order valence-corrected chi connectivity index (χ3v) is 7.22. The van der Waals surface area contributed by atoms with Crippen molar-refractivity contribution in [2.75, 3.05) is 23.9 Å². The lowest BCUT2D eigenvalue weighted by Crippen LogP contribution is -2.30. The maximum absolute atomic E-state index is 12.6. The van der Waals surface area contributed by atoms with Crippen LogP contribution in [-0.4, -0.2) is 35.3 Å². The average Bonchev–Trinajstić information content (AvgIpc) is 3.18. The summed E-state index contributed by atoms with van der Waals surface area (Å²) < 4.78 is 0. The number of hydrogen-bond acceptors (Lipinski definition) is 4. The van der Waals surface area contributed by atoms with Gasteiger partial charge < -0.3 is 10.2 Å². The van der Waals surface area contributed by atoms with E-state index >= 15 is 0 Å². The SMILES string of the molecule is CSc1cccc(NC(=O)c2ccc([C@H]3SCC(=O)N3CCc3ccccc3)cc2)c1. The maximum atomic E-state index is 12.6. The van der Waals surface area contributed by atoms with E-state index in [9.17, 15) is 9.59 Å². The lowest BCUT2D eigenvalue weighted by atomic mass is 10.1. The quantitative estimate of drug-likeness (QED) is 0.487. The molecule has 1 aliphatic heterocycles. The summed E-state index contributed by atoms with van der Waals surface area (Å²) in [6.45, 7) is 0.689. The minimum atomic E-state index is -0.138. The molecule has 0 aromatic heterocycles. The number of carbonyl (C=O) groups excluding carboxylic acids is 2. The molecule has 158 valence electrons. The summed E-state index contributed by atoms with van der Waals surface area (Å²) in [6.07, 6.45) is 2.84. The molecule has 0 spiro atoms. The van der Waals surface area contributed by atoms with Gasteiger partial charge in [0.05, 0.1) is 5.75 Å². The molecule has 1 atom stereocenters. The Labute approximate surface area is 191 Å². The Bertz CT molecular complexity index is 1050. The molecule has 0 unspecified atom stereocenters. The van der Waals surface area contributed by atoms with Crippen molar-refractivity contribution >= 4 is 41.0 Å². The molecule has 0 radical (unpaired) electrons. The molecule has 1 fully saturated rings. The summed E-state index contributed by atoms with van der Waals surface area (Å²) in [5.41, 5.74) is 3.65. The van der Waals surface area contributed by atoms with Crippen LogP contribution in [0.25, 0.3) is 0 Å². The Morgan fingerprint density at radius 2 is 1.84 bits per heavy atom. The van der Waals surface area contributed by atoms with Crippen molar-refractivity contribution in [2.24, 2.45) is 0 Å². The van der Waals surface area contributed by atoms with E-state index in [1.807, 2.05) is 77.9 Å². The summed E-state index contributed by atoms with van der Waals surface area (Å²) >= 11 is 3.28. The second-order valence-electron chi connectivity index (χ2n) is 7.29. The van der Waals surface area contributed by atoms with E-state index in [4.69, 9.17) is 0 Å². The van der Waals surface area contributed by atoms with Gasteiger partial charge in [0.1, 0.15) is 5.37 Å². The Kier molecular flexibility index (Phi) is 6.99. The lowest BCUT2D eigenvalue weighted by molar-refractivity contribution is -0.128. The fourth-order valence-electron chi connectivity index (χ4n) is 3.57. The highest BCUT2D eigenvalue weighted by Gasteiger charge is 2.32. The van der Waals surface area contributed by atoms with Gasteiger partial charge in [-0.1, -0.05) is 48.5 Å². The normalized spacial score (nSPS) is 15.8. The van der Waals surface area contributed by atoms with Gasteiger partial charge in [0, 0.05) is 22.7 Å². The first kappa shape index (κ1) is 21.5. The molecule has 1 saturated heterocycles. The lowest BCUT2D eigenvalue weighted by Gasteiger charge is -2.24. The summed E-state index contributed by atoms with van der Waals surface area (Å²) in [6, 6.07) is 25.6. The molecule has 31 heavy (non-hydrogen) atoms. The van der Waals surface area contributed by atoms with E-state index in [2.05, 4.69) is 17.4 Å². The first-order valence-corrected chi connectivity index (χ1v) is 12.4. The van der Waals surface area contributed by atoms with Gasteiger partial charge in [-0.25, -0.2) is 0 Å². The van der Waals surface area contributed by atoms with E-state index in [1.165, 1.54) is 5.56 Å². The van der Waals surface area contributed by atoms with Gasteiger partial charge in [-0.3, -0.25) is 9.59 Å². The molecular weight excluding hydrogens is 424 g/mol. The molecule has 3 aromatic rings. The van der Waals surface area contributed by atoms with Crippen molar-refractivity contribution in [3.8, 4) is 0 Å². The second kappa shape index (κ2) is 10.1. The van der Waals surface area contributed by atoms with Crippen LogP contribution in [0.5, 0.6) is 0 Å². The van der Waals surface area contributed by atoms with Crippen molar-refractivity contribution in [1.82, 2.24) is 4.90 Å². The first-order valence-electron chi connectivity index (χ1n) is 10.1. The number of nitrogens with one attached hydrogen (secondary N) is 1. The zero-order chi connectivity index (χ0) is 21.6. The van der Waals surface area contributed by atoms with Crippen molar-refractivity contribution in [2.45, 2.75) is 16.7 Å². The highest BCUT2D eigenvalue weighted by atomic mass is 32.2. The Morgan fingerprint density at radius 1 is 1.06 bits per heavy atom. The van der Waals surface area contributed by atoms with E-state index in [1.54, 1.807) is 23.5 Å². The predicted molar refractivity (Wildman–Crippen MR) is 130 cm³/mol. The monoisotopic (exact) mass is 448 g/mol. The van der Waals surface area contributed by atoms with Gasteiger partial charge in [-0.15, -0.1) is 23.5 Å². The molecule has 1 N–H and O–H groups in total. The molecule has 0 saturated carbocycles. The largest absolute Gasteiger partial charge is 0.326 e. The molecule has 2 amide bonds. The number of anilines is 1. The number of carbonyl (C=O) groups is 2. The van der Waals surface area contributed by atoms with Crippen molar-refractivity contribution in [3.63, 3.8) is 0 Å². The van der Waals surface area contributed by atoms with Gasteiger partial charge >= 0.3 is 0 Å². The third kappa shape index (κ3) is 5.32. The van der Waals surface area contributed by atoms with Crippen LogP contribution >= 0.6 is 23.5 Å². The molecule has 1 heterocycles. The Morgan fingerprint density at radius 3 is 2.58 bits per heavy atom. The van der Waals surface area contributed by atoms with Crippen LogP contribution in [0.15, 0.2) is 83.8 Å². The van der Waals surface area contributed by atoms with Crippen LogP contribution < -0.4 is 5.32 Å². The zero-order valence-electron chi connectivity index (χ0n) is 17.3. The van der Waals surface area contributed by atoms with Gasteiger partial charge in [-0.05, 0) is 54.1 Å². The molecule has 3 aromatic carbocycles. The average molecular weight is 449 g/mol. The Balaban J connectivity index is 1.42. The fourth-order valence-corrected chi connectivity index (χ4v) is 5.25. The van der Waals surface area contributed by atoms with Crippen LogP contribution in [0.3, 0.4) is 0 Å². The van der Waals surface area contributed by atoms with Crippen LogP contribution in [0.1, 0.15) is 26.9 Å². The van der Waals surface area contributed by atoms with E-state index in [0.29, 0.717) is 17.9 Å². The predicted octanol–water partition coefficient (Wildman–Crippen LogP) is 5.48. The van der Waals surface area contributed by atoms with Crippen molar-refractivity contribution < 1.29 is 9.59 Å². The summed E-state index contributed by atoms with van der Waals surface area (Å²) in [5, 5.41) is 2.95. The van der Waals surface area contributed by atoms with Gasteiger partial charge in [0.2, 0.25) is 5.91 Å². The van der Waals surface area contributed by atoms with E-state index in [-0.39, 0.29) is 17.2 Å². The van der Waals surface area contributed by atoms with Gasteiger partial charge in [0.15, 0.2) is 0 Å². The molecule has 1 aliphatic rings. The van der Waals surface area contributed by atoms with Gasteiger partial charge in [0.25, 0.3) is 5.91 Å². The van der Waals surface area contributed by atoms with Crippen molar-refractivity contribution in [3.05, 3.63) is 95.6 Å². The first-order chi connectivity index (χ1) is 15.1. The molecular formula is C25H24N2O2S2. The number of amides is 2. The smallest absolute Gasteiger partial charge is 0.255 e. The number of hydrogen-bond donors (Lipinski definition) is 1. The number of rotatable bonds is 7. The van der Waals surface area contributed by atoms with Crippen LogP contribution in [0, 0.1) is 0 Å². The highest BCUT2D eigenvalue weighted by Crippen LogP contribution is 2.38. The van der Waals surface area contributed by atoms with Crippen LogP contribution in [-0.2, 0) is 11.2 Å². The zero-order valence-corrected chi connectivity index (χ0v) is 18.9. The number of nitrogens with zero attached hydrogens (tertiary/aromatic N) is 1. The minimum Gasteiger partial charge on any atom is -0.326 e. The minimum absolute atomic E-state index is 0.00779. The summed E-state index contributed by atoms with van der Waals surface area (Å²) in [4.78, 5) is 28.1. The molecule has 4 nitrogen and oxygen atoms in total. The van der Waals surface area contributed by atoms with Crippen LogP contribution in [0.4, 0.5) is 5.69 Å². The number of thioether (sulfide) groups is 2. The molecule has 0 aliphatic carbocycles. The van der Waals surface area contributed by atoms with Gasteiger partial charge in [-0.2, -0.15) is 0 Å². The molecule has 0 bridgehead atoms. The maximum Gasteiger partial charge on any atom is 0.255 e. The molecule has 4 rings (SSSR count). The summed E-state index contributed by atoms with van der Waals surface area (Å²) in [7, 11) is 0. The molecule has 6 heteroatoms. The van der Waals surface area contributed by atoms with E-state index in [0.717, 1.165) is 22.6 Å². The second-order valence-corrected chi connectivity index (χ2v) is 9.24. The standard InChI is InChI=1S/C25H24N2O2S2/c1-30-22-9-5-8-21(16-22)26-24(29)19-10-12-20(13-11-19)25-27(23(28)17-31-25)15-14-18-6-3-2-4-7-18/h2-13,16,25H,14-15,17H2,1H3,(H,26,29)/t25-/m1/s1. The topological polar surface area (TPSA) is 49.4 Å². The third-order valence-electron chi connectivity index (χ3n) is 5.24. The van der Waals surface area contributed by atoms with Crippen molar-refractivity contribution in [1.29, 1.82) is 0 Å². The Hall–Kier alpha value is -2.70. The van der Waals surface area contributed by atoms with E-state index < -0.39 is 0 Å². The fraction of sp³-hybridized carbons (Fsp3) is 0.200. The number of benzene rings is 3. The van der Waals surface area contributed by atoms with Crippen LogP contribution in [0.2, 0.25) is 0 Å².